The molecule has 0 spiro atoms. The largest absolute Gasteiger partial charge is 0.455 e. The van der Waals surface area contributed by atoms with E-state index in [-0.39, 0.29) is 0 Å². The number of aromatic nitrogens is 1. The molecule has 0 radical (unpaired) electrons. The van der Waals surface area contributed by atoms with Crippen LogP contribution >= 0.6 is 0 Å². The van der Waals surface area contributed by atoms with Crippen molar-refractivity contribution in [3.05, 3.63) is 267 Å². The number of anilines is 3. The summed E-state index contributed by atoms with van der Waals surface area (Å²) in [6.45, 7) is 0. The third-order valence-corrected chi connectivity index (χ3v) is 14.4. The van der Waals surface area contributed by atoms with Crippen molar-refractivity contribution in [3.8, 4) is 50.2 Å². The Morgan fingerprint density at radius 1 is 0.282 bits per heavy atom. The minimum atomic E-state index is 0.867. The fourth-order valence-electron chi connectivity index (χ4n) is 11.1. The molecule has 0 unspecified atom stereocenters. The molecular formula is C68H44N2O. The van der Waals surface area contributed by atoms with Gasteiger partial charge in [0.2, 0.25) is 0 Å². The summed E-state index contributed by atoms with van der Waals surface area (Å²) in [6, 6.07) is 96.8. The molecule has 0 atom stereocenters. The van der Waals surface area contributed by atoms with Gasteiger partial charge in [-0.2, -0.15) is 0 Å². The van der Waals surface area contributed by atoms with Crippen LogP contribution < -0.4 is 4.90 Å². The SMILES string of the molecule is c1ccc(-n2c3ccccc3c3ccccc32)c(-c2ccc(N(c3ccc(-c4cccc5ccccc45)cc3)c3ccc(-c4cccc5ccccc45)cc3)cc2-c2cccc3c2oc2ccccc23)c1. The van der Waals surface area contributed by atoms with Gasteiger partial charge in [0.15, 0.2) is 0 Å². The number of nitrogens with zero attached hydrogens (tertiary/aromatic N) is 2. The lowest BCUT2D eigenvalue weighted by Crippen LogP contribution is -2.10. The smallest absolute Gasteiger partial charge is 0.143 e. The molecule has 0 N–H and O–H groups in total. The molecule has 14 aromatic rings. The summed E-state index contributed by atoms with van der Waals surface area (Å²) >= 11 is 0. The maximum Gasteiger partial charge on any atom is 0.143 e. The van der Waals surface area contributed by atoms with Gasteiger partial charge in [-0.25, -0.2) is 0 Å². The van der Waals surface area contributed by atoms with Crippen molar-refractivity contribution < 1.29 is 4.42 Å². The first kappa shape index (κ1) is 40.6. The zero-order valence-electron chi connectivity index (χ0n) is 38.7. The summed E-state index contributed by atoms with van der Waals surface area (Å²) < 4.78 is 9.30. The fourth-order valence-corrected chi connectivity index (χ4v) is 11.1. The Morgan fingerprint density at radius 3 is 1.37 bits per heavy atom. The monoisotopic (exact) mass is 904 g/mol. The molecule has 332 valence electrons. The average Bonchev–Trinajstić information content (AvgIpc) is 3.99. The van der Waals surface area contributed by atoms with Crippen molar-refractivity contribution in [1.29, 1.82) is 0 Å². The molecule has 0 aliphatic rings. The molecule has 3 nitrogen and oxygen atoms in total. The Bertz CT molecular complexity index is 4160. The quantitative estimate of drug-likeness (QED) is 0.151. The van der Waals surface area contributed by atoms with Gasteiger partial charge in [-0.3, -0.25) is 0 Å². The van der Waals surface area contributed by atoms with Gasteiger partial charge in [-0.05, 0) is 116 Å². The van der Waals surface area contributed by atoms with Crippen LogP contribution in [0.5, 0.6) is 0 Å². The zero-order chi connectivity index (χ0) is 46.8. The lowest BCUT2D eigenvalue weighted by Gasteiger charge is -2.27. The van der Waals surface area contributed by atoms with E-state index < -0.39 is 0 Å². The second kappa shape index (κ2) is 16.7. The van der Waals surface area contributed by atoms with Crippen molar-refractivity contribution >= 4 is 82.4 Å². The Hall–Kier alpha value is -9.44. The van der Waals surface area contributed by atoms with Crippen LogP contribution in [0.4, 0.5) is 17.1 Å². The van der Waals surface area contributed by atoms with Crippen LogP contribution in [0.25, 0.3) is 115 Å². The highest BCUT2D eigenvalue weighted by atomic mass is 16.3. The van der Waals surface area contributed by atoms with Gasteiger partial charge in [0.1, 0.15) is 11.2 Å². The molecular weight excluding hydrogens is 861 g/mol. The van der Waals surface area contributed by atoms with Gasteiger partial charge in [0, 0.05) is 49.7 Å². The minimum absolute atomic E-state index is 0.867. The van der Waals surface area contributed by atoms with Crippen LogP contribution in [0.3, 0.4) is 0 Å². The van der Waals surface area contributed by atoms with E-state index in [0.29, 0.717) is 0 Å². The number of para-hydroxylation sites is 5. The molecule has 3 heteroatoms. The molecule has 0 aliphatic carbocycles. The fraction of sp³-hybridized carbons (Fsp3) is 0. The molecule has 0 bridgehead atoms. The van der Waals surface area contributed by atoms with E-state index in [2.05, 4.69) is 270 Å². The Balaban J connectivity index is 0.996. The number of rotatable bonds is 8. The molecule has 0 saturated heterocycles. The standard InChI is InChI=1S/C68H44N2O/c1-3-20-52-45(16-1)18-13-26-54(52)47-34-38-49(39-35-47)69(50-40-36-48(37-41-50)55-27-14-19-46-17-2-4-21-53(46)55)51-42-43-56(63(44-51)62-29-15-28-61-60-25-8-12-33-67(60)71-68(61)62)57-22-5-9-30-64(57)70-65-31-10-6-23-58(65)59-24-7-11-32-66(59)70/h1-44H. The molecule has 71 heavy (non-hydrogen) atoms. The highest BCUT2D eigenvalue weighted by Crippen LogP contribution is 2.47. The van der Waals surface area contributed by atoms with E-state index in [1.54, 1.807) is 0 Å². The van der Waals surface area contributed by atoms with Gasteiger partial charge in [0.25, 0.3) is 0 Å². The average molecular weight is 905 g/mol. The highest BCUT2D eigenvalue weighted by molar-refractivity contribution is 6.13. The predicted molar refractivity (Wildman–Crippen MR) is 299 cm³/mol. The van der Waals surface area contributed by atoms with Crippen molar-refractivity contribution in [2.75, 3.05) is 4.90 Å². The highest BCUT2D eigenvalue weighted by Gasteiger charge is 2.23. The number of fused-ring (bicyclic) bond motifs is 8. The van der Waals surface area contributed by atoms with E-state index in [4.69, 9.17) is 4.42 Å². The van der Waals surface area contributed by atoms with E-state index in [1.807, 2.05) is 6.07 Å². The Kier molecular flexibility index (Phi) is 9.53. The Labute approximate surface area is 411 Å². The summed E-state index contributed by atoms with van der Waals surface area (Å²) in [5, 5.41) is 9.60. The molecule has 12 aromatic carbocycles. The molecule has 0 aliphatic heterocycles. The van der Waals surface area contributed by atoms with Gasteiger partial charge in [-0.1, -0.05) is 206 Å². The van der Waals surface area contributed by atoms with E-state index in [1.165, 1.54) is 65.6 Å². The maximum atomic E-state index is 6.87. The van der Waals surface area contributed by atoms with Crippen LogP contribution in [-0.4, -0.2) is 4.57 Å². The lowest BCUT2D eigenvalue weighted by atomic mass is 9.91. The second-order valence-corrected chi connectivity index (χ2v) is 18.4. The van der Waals surface area contributed by atoms with Gasteiger partial charge in [0.05, 0.1) is 16.7 Å². The van der Waals surface area contributed by atoms with Crippen LogP contribution in [-0.2, 0) is 0 Å². The van der Waals surface area contributed by atoms with Crippen LogP contribution in [0, 0.1) is 0 Å². The summed E-state index contributed by atoms with van der Waals surface area (Å²) in [4.78, 5) is 2.39. The molecule has 14 rings (SSSR count). The van der Waals surface area contributed by atoms with Gasteiger partial charge < -0.3 is 13.9 Å². The normalized spacial score (nSPS) is 11.7. The van der Waals surface area contributed by atoms with Gasteiger partial charge in [-0.15, -0.1) is 0 Å². The first-order valence-electron chi connectivity index (χ1n) is 24.3. The van der Waals surface area contributed by atoms with Crippen LogP contribution in [0.1, 0.15) is 0 Å². The number of hydrogen-bond acceptors (Lipinski definition) is 2. The first-order valence-corrected chi connectivity index (χ1v) is 24.3. The molecule has 2 aromatic heterocycles. The summed E-state index contributed by atoms with van der Waals surface area (Å²) in [6.07, 6.45) is 0. The zero-order valence-corrected chi connectivity index (χ0v) is 38.7. The van der Waals surface area contributed by atoms with E-state index in [0.717, 1.165) is 66.9 Å². The van der Waals surface area contributed by atoms with Gasteiger partial charge >= 0.3 is 0 Å². The lowest BCUT2D eigenvalue weighted by molar-refractivity contribution is 0.670. The second-order valence-electron chi connectivity index (χ2n) is 18.4. The Morgan fingerprint density at radius 2 is 0.732 bits per heavy atom. The first-order chi connectivity index (χ1) is 35.2. The van der Waals surface area contributed by atoms with E-state index >= 15 is 0 Å². The molecule has 0 amide bonds. The third kappa shape index (κ3) is 6.74. The molecule has 0 fully saturated rings. The molecule has 2 heterocycles. The number of hydrogen-bond donors (Lipinski definition) is 0. The van der Waals surface area contributed by atoms with Crippen LogP contribution in [0.15, 0.2) is 271 Å². The van der Waals surface area contributed by atoms with Crippen molar-refractivity contribution in [2.45, 2.75) is 0 Å². The van der Waals surface area contributed by atoms with E-state index in [9.17, 15) is 0 Å². The van der Waals surface area contributed by atoms with Crippen molar-refractivity contribution in [3.63, 3.8) is 0 Å². The van der Waals surface area contributed by atoms with Crippen LogP contribution in [0.2, 0.25) is 0 Å². The molecule has 0 saturated carbocycles. The number of furan rings is 1. The summed E-state index contributed by atoms with van der Waals surface area (Å²) in [7, 11) is 0. The summed E-state index contributed by atoms with van der Waals surface area (Å²) in [5.41, 5.74) is 17.4. The minimum Gasteiger partial charge on any atom is -0.455 e. The topological polar surface area (TPSA) is 21.3 Å². The maximum absolute atomic E-state index is 6.87. The number of benzene rings is 12. The van der Waals surface area contributed by atoms with Crippen molar-refractivity contribution in [2.24, 2.45) is 0 Å². The summed E-state index contributed by atoms with van der Waals surface area (Å²) in [5.74, 6) is 0. The third-order valence-electron chi connectivity index (χ3n) is 14.4. The predicted octanol–water partition coefficient (Wildman–Crippen LogP) is 19.1. The van der Waals surface area contributed by atoms with Crippen molar-refractivity contribution in [1.82, 2.24) is 4.57 Å².